The zero-order valence-corrected chi connectivity index (χ0v) is 12.2. The van der Waals surface area contributed by atoms with Crippen LogP contribution >= 0.6 is 11.6 Å². The van der Waals surface area contributed by atoms with Gasteiger partial charge in [0.2, 0.25) is 0 Å². The standard InChI is InChI=1S/C14H19ClN2O2/c1-9-7-17(8-13(9)16(2)3)14(19)11-6-10(18)4-5-12(11)15/h4-6,9,13,18H,7-8H2,1-3H3. The molecule has 19 heavy (non-hydrogen) atoms. The Balaban J connectivity index is 2.19. The molecule has 1 aliphatic rings. The van der Waals surface area contributed by atoms with Gasteiger partial charge in [-0.05, 0) is 38.2 Å². The van der Waals surface area contributed by atoms with E-state index in [0.717, 1.165) is 0 Å². The first kappa shape index (κ1) is 14.2. The maximum Gasteiger partial charge on any atom is 0.255 e. The van der Waals surface area contributed by atoms with Crippen LogP contribution < -0.4 is 0 Å². The van der Waals surface area contributed by atoms with E-state index >= 15 is 0 Å². The third-order valence-corrected chi connectivity index (χ3v) is 4.03. The second kappa shape index (κ2) is 5.39. The van der Waals surface area contributed by atoms with Gasteiger partial charge in [-0.2, -0.15) is 0 Å². The van der Waals surface area contributed by atoms with Crippen LogP contribution in [0.25, 0.3) is 0 Å². The van der Waals surface area contributed by atoms with Crippen molar-refractivity contribution in [3.63, 3.8) is 0 Å². The lowest BCUT2D eigenvalue weighted by atomic mass is 10.1. The molecule has 1 aromatic rings. The molecule has 1 heterocycles. The van der Waals surface area contributed by atoms with Gasteiger partial charge in [0.05, 0.1) is 10.6 Å². The van der Waals surface area contributed by atoms with Crippen molar-refractivity contribution in [3.8, 4) is 5.75 Å². The van der Waals surface area contributed by atoms with Gasteiger partial charge >= 0.3 is 0 Å². The lowest BCUT2D eigenvalue weighted by molar-refractivity contribution is 0.0781. The summed E-state index contributed by atoms with van der Waals surface area (Å²) in [6.07, 6.45) is 0. The fourth-order valence-corrected chi connectivity index (χ4v) is 2.83. The zero-order valence-electron chi connectivity index (χ0n) is 11.4. The summed E-state index contributed by atoms with van der Waals surface area (Å²) in [5.41, 5.74) is 0.369. The number of rotatable bonds is 2. The van der Waals surface area contributed by atoms with E-state index in [1.54, 1.807) is 11.0 Å². The first-order chi connectivity index (χ1) is 8.90. The van der Waals surface area contributed by atoms with Crippen LogP contribution in [0.4, 0.5) is 0 Å². The number of benzene rings is 1. The quantitative estimate of drug-likeness (QED) is 0.903. The van der Waals surface area contributed by atoms with E-state index in [0.29, 0.717) is 35.6 Å². The molecular weight excluding hydrogens is 264 g/mol. The molecule has 1 saturated heterocycles. The summed E-state index contributed by atoms with van der Waals surface area (Å²) >= 11 is 6.04. The Bertz CT molecular complexity index is 490. The first-order valence-corrected chi connectivity index (χ1v) is 6.72. The Morgan fingerprint density at radius 1 is 1.42 bits per heavy atom. The van der Waals surface area contributed by atoms with E-state index in [2.05, 4.69) is 11.8 Å². The molecular formula is C14H19ClN2O2. The molecule has 1 fully saturated rings. The Morgan fingerprint density at radius 3 is 2.68 bits per heavy atom. The molecule has 0 radical (unpaired) electrons. The maximum atomic E-state index is 12.4. The highest BCUT2D eigenvalue weighted by molar-refractivity contribution is 6.33. The monoisotopic (exact) mass is 282 g/mol. The highest BCUT2D eigenvalue weighted by atomic mass is 35.5. The molecule has 2 rings (SSSR count). The number of aromatic hydroxyl groups is 1. The molecule has 0 saturated carbocycles. The number of phenols is 1. The SMILES string of the molecule is CC1CN(C(=O)c2cc(O)ccc2Cl)CC1N(C)C. The van der Waals surface area contributed by atoms with Crippen molar-refractivity contribution in [2.24, 2.45) is 5.92 Å². The topological polar surface area (TPSA) is 43.8 Å². The van der Waals surface area contributed by atoms with E-state index < -0.39 is 0 Å². The third-order valence-electron chi connectivity index (χ3n) is 3.70. The number of hydrogen-bond donors (Lipinski definition) is 1. The minimum absolute atomic E-state index is 0.0594. The second-order valence-electron chi connectivity index (χ2n) is 5.38. The van der Waals surface area contributed by atoms with E-state index in [9.17, 15) is 9.90 Å². The molecule has 0 aromatic heterocycles. The lowest BCUT2D eigenvalue weighted by Crippen LogP contribution is -2.35. The van der Waals surface area contributed by atoms with Crippen molar-refractivity contribution in [1.29, 1.82) is 0 Å². The van der Waals surface area contributed by atoms with Crippen LogP contribution in [-0.2, 0) is 0 Å². The Morgan fingerprint density at radius 2 is 2.11 bits per heavy atom. The van der Waals surface area contributed by atoms with Gasteiger partial charge in [-0.1, -0.05) is 18.5 Å². The third kappa shape index (κ3) is 2.85. The number of likely N-dealkylation sites (tertiary alicyclic amines) is 1. The Kier molecular flexibility index (Phi) is 4.02. The van der Waals surface area contributed by atoms with Gasteiger partial charge in [-0.25, -0.2) is 0 Å². The van der Waals surface area contributed by atoms with E-state index in [-0.39, 0.29) is 11.7 Å². The van der Waals surface area contributed by atoms with Gasteiger partial charge in [0.25, 0.3) is 5.91 Å². The lowest BCUT2D eigenvalue weighted by Gasteiger charge is -2.22. The first-order valence-electron chi connectivity index (χ1n) is 6.34. The summed E-state index contributed by atoms with van der Waals surface area (Å²) in [4.78, 5) is 16.4. The van der Waals surface area contributed by atoms with Crippen LogP contribution in [0.3, 0.4) is 0 Å². The summed E-state index contributed by atoms with van der Waals surface area (Å²) in [6, 6.07) is 4.82. The predicted molar refractivity (Wildman–Crippen MR) is 75.7 cm³/mol. The van der Waals surface area contributed by atoms with Crippen molar-refractivity contribution < 1.29 is 9.90 Å². The maximum absolute atomic E-state index is 12.4. The van der Waals surface area contributed by atoms with Gasteiger partial charge in [-0.15, -0.1) is 0 Å². The largest absolute Gasteiger partial charge is 0.508 e. The summed E-state index contributed by atoms with van der Waals surface area (Å²) < 4.78 is 0. The molecule has 2 atom stereocenters. The smallest absolute Gasteiger partial charge is 0.255 e. The van der Waals surface area contributed by atoms with Crippen LogP contribution in [0, 0.1) is 5.92 Å². The van der Waals surface area contributed by atoms with Crippen molar-refractivity contribution in [2.45, 2.75) is 13.0 Å². The minimum Gasteiger partial charge on any atom is -0.508 e. The van der Waals surface area contributed by atoms with Crippen molar-refractivity contribution in [2.75, 3.05) is 27.2 Å². The average molecular weight is 283 g/mol. The number of halogens is 1. The molecule has 1 amide bonds. The minimum atomic E-state index is -0.114. The highest BCUT2D eigenvalue weighted by Crippen LogP contribution is 2.26. The van der Waals surface area contributed by atoms with Crippen LogP contribution in [0.1, 0.15) is 17.3 Å². The fourth-order valence-electron chi connectivity index (χ4n) is 2.64. The second-order valence-corrected chi connectivity index (χ2v) is 5.79. The molecule has 104 valence electrons. The van der Waals surface area contributed by atoms with Crippen molar-refractivity contribution in [1.82, 2.24) is 9.80 Å². The van der Waals surface area contributed by atoms with Crippen LogP contribution in [0.2, 0.25) is 5.02 Å². The number of phenolic OH excluding ortho intramolecular Hbond substituents is 1. The van der Waals surface area contributed by atoms with Crippen molar-refractivity contribution >= 4 is 17.5 Å². The molecule has 4 nitrogen and oxygen atoms in total. The molecule has 0 bridgehead atoms. The van der Waals surface area contributed by atoms with Crippen LogP contribution in [0.5, 0.6) is 5.75 Å². The molecule has 1 aliphatic heterocycles. The summed E-state index contributed by atoms with van der Waals surface area (Å²) in [5.74, 6) is 0.372. The Labute approximate surface area is 118 Å². The van der Waals surface area contributed by atoms with E-state index in [1.807, 2.05) is 14.1 Å². The molecule has 0 spiro atoms. The summed E-state index contributed by atoms with van der Waals surface area (Å²) in [6.45, 7) is 3.55. The van der Waals surface area contributed by atoms with Crippen LogP contribution in [-0.4, -0.2) is 54.0 Å². The van der Waals surface area contributed by atoms with Crippen molar-refractivity contribution in [3.05, 3.63) is 28.8 Å². The van der Waals surface area contributed by atoms with Gasteiger partial charge in [0.15, 0.2) is 0 Å². The molecule has 2 unspecified atom stereocenters. The van der Waals surface area contributed by atoms with E-state index in [1.165, 1.54) is 12.1 Å². The van der Waals surface area contributed by atoms with Gasteiger partial charge < -0.3 is 14.9 Å². The molecule has 0 aliphatic carbocycles. The summed E-state index contributed by atoms with van der Waals surface area (Å²) in [5, 5.41) is 9.86. The number of nitrogens with zero attached hydrogens (tertiary/aromatic N) is 2. The Hall–Kier alpha value is -1.26. The highest BCUT2D eigenvalue weighted by Gasteiger charge is 2.34. The molecule has 1 N–H and O–H groups in total. The van der Waals surface area contributed by atoms with Gasteiger partial charge in [0, 0.05) is 19.1 Å². The molecule has 1 aromatic carbocycles. The van der Waals surface area contributed by atoms with Gasteiger partial charge in [0.1, 0.15) is 5.75 Å². The average Bonchev–Trinajstić information content (AvgIpc) is 2.74. The summed E-state index contributed by atoms with van der Waals surface area (Å²) in [7, 11) is 4.05. The normalized spacial score (nSPS) is 23.1. The number of carbonyl (C=O) groups is 1. The number of amides is 1. The number of carbonyl (C=O) groups excluding carboxylic acids is 1. The fraction of sp³-hybridized carbons (Fsp3) is 0.500. The van der Waals surface area contributed by atoms with E-state index in [4.69, 9.17) is 11.6 Å². The zero-order chi connectivity index (χ0) is 14.2. The number of hydrogen-bond acceptors (Lipinski definition) is 3. The number of likely N-dealkylation sites (N-methyl/N-ethyl adjacent to an activating group) is 1. The molecule has 5 heteroatoms. The van der Waals surface area contributed by atoms with Crippen LogP contribution in [0.15, 0.2) is 18.2 Å². The predicted octanol–water partition coefficient (Wildman–Crippen LogP) is 2.07. The van der Waals surface area contributed by atoms with Gasteiger partial charge in [-0.3, -0.25) is 4.79 Å².